The van der Waals surface area contributed by atoms with Crippen LogP contribution in [0.2, 0.25) is 0 Å². The molecule has 0 fully saturated rings. The largest absolute Gasteiger partial charge is 0.357 e. The molecule has 0 aliphatic heterocycles. The maximum Gasteiger partial charge on any atom is 0.264 e. The first-order valence-corrected chi connectivity index (χ1v) is 10.3. The Morgan fingerprint density at radius 3 is 2.32 bits per heavy atom. The van der Waals surface area contributed by atoms with Crippen LogP contribution in [0.15, 0.2) is 47.6 Å². The average molecular weight is 398 g/mol. The van der Waals surface area contributed by atoms with Crippen LogP contribution in [0.5, 0.6) is 0 Å². The summed E-state index contributed by atoms with van der Waals surface area (Å²) >= 11 is 6.66. The highest BCUT2D eigenvalue weighted by Gasteiger charge is 2.15. The minimum Gasteiger partial charge on any atom is -0.357 e. The molecule has 10 heteroatoms. The van der Waals surface area contributed by atoms with Gasteiger partial charge in [-0.1, -0.05) is 12.2 Å². The van der Waals surface area contributed by atoms with E-state index in [0.717, 1.165) is 23.1 Å². The molecule has 1 aromatic heterocycles. The fourth-order valence-corrected chi connectivity index (χ4v) is 3.95. The maximum absolute atomic E-state index is 12.3. The number of aromatic nitrogens is 2. The van der Waals surface area contributed by atoms with Gasteiger partial charge >= 0.3 is 0 Å². The topological polar surface area (TPSA) is 87.2 Å². The first-order valence-electron chi connectivity index (χ1n) is 7.58. The van der Waals surface area contributed by atoms with Gasteiger partial charge < -0.3 is 9.62 Å². The van der Waals surface area contributed by atoms with E-state index in [1.54, 1.807) is 18.2 Å². The molecule has 2 N–H and O–H groups in total. The SMILES string of the molecule is CCN(CC)C(=S)SNc1ccc(S(=O)(=O)Nc2ncccn2)cc1. The van der Waals surface area contributed by atoms with Crippen molar-refractivity contribution in [1.29, 1.82) is 0 Å². The summed E-state index contributed by atoms with van der Waals surface area (Å²) in [6.45, 7) is 5.77. The first kappa shape index (κ1) is 19.4. The van der Waals surface area contributed by atoms with E-state index in [-0.39, 0.29) is 10.8 Å². The van der Waals surface area contributed by atoms with Crippen LogP contribution in [-0.4, -0.2) is 40.7 Å². The molecule has 0 bridgehead atoms. The summed E-state index contributed by atoms with van der Waals surface area (Å²) in [4.78, 5) is 9.88. The average Bonchev–Trinajstić information content (AvgIpc) is 2.62. The maximum atomic E-state index is 12.3. The van der Waals surface area contributed by atoms with Gasteiger partial charge in [-0.05, 0) is 44.2 Å². The standard InChI is InChI=1S/C15H19N5O2S3/c1-3-20(4-2)15(23)24-18-12-6-8-13(9-7-12)25(21,22)19-14-16-10-5-11-17-14/h5-11,18H,3-4H2,1-2H3,(H,16,17,19). The van der Waals surface area contributed by atoms with Gasteiger partial charge in [0.15, 0.2) is 4.32 Å². The summed E-state index contributed by atoms with van der Waals surface area (Å²) < 4.78 is 30.8. The van der Waals surface area contributed by atoms with Crippen molar-refractivity contribution in [3.63, 3.8) is 0 Å². The minimum absolute atomic E-state index is 0.0322. The molecule has 0 unspecified atom stereocenters. The van der Waals surface area contributed by atoms with E-state index < -0.39 is 10.0 Å². The molecule has 0 saturated carbocycles. The van der Waals surface area contributed by atoms with E-state index in [1.807, 2.05) is 13.8 Å². The van der Waals surface area contributed by atoms with E-state index in [2.05, 4.69) is 24.3 Å². The molecule has 1 heterocycles. The molecule has 2 aromatic rings. The first-order chi connectivity index (χ1) is 12.0. The van der Waals surface area contributed by atoms with Crippen LogP contribution in [0.1, 0.15) is 13.8 Å². The summed E-state index contributed by atoms with van der Waals surface area (Å²) in [5.74, 6) is 0.0322. The zero-order valence-electron chi connectivity index (χ0n) is 13.8. The molecule has 0 atom stereocenters. The lowest BCUT2D eigenvalue weighted by molar-refractivity contribution is 0.482. The number of hydrogen-bond acceptors (Lipinski definition) is 7. The Morgan fingerprint density at radius 1 is 1.16 bits per heavy atom. The van der Waals surface area contributed by atoms with Gasteiger partial charge in [0, 0.05) is 43.1 Å². The summed E-state index contributed by atoms with van der Waals surface area (Å²) in [6.07, 6.45) is 2.93. The predicted octanol–water partition coefficient (Wildman–Crippen LogP) is 2.96. The Labute approximate surface area is 157 Å². The van der Waals surface area contributed by atoms with Crippen LogP contribution >= 0.6 is 24.2 Å². The van der Waals surface area contributed by atoms with Crippen LogP contribution in [-0.2, 0) is 10.0 Å². The number of nitrogens with zero attached hydrogens (tertiary/aromatic N) is 3. The van der Waals surface area contributed by atoms with E-state index in [4.69, 9.17) is 12.2 Å². The third kappa shape index (κ3) is 5.55. The third-order valence-corrected chi connectivity index (χ3v) is 5.86. The van der Waals surface area contributed by atoms with Crippen molar-refractivity contribution in [3.05, 3.63) is 42.7 Å². The summed E-state index contributed by atoms with van der Waals surface area (Å²) in [6, 6.07) is 7.98. The highest BCUT2D eigenvalue weighted by Crippen LogP contribution is 2.19. The fourth-order valence-electron chi connectivity index (χ4n) is 1.88. The van der Waals surface area contributed by atoms with Crippen LogP contribution in [0.4, 0.5) is 11.6 Å². The van der Waals surface area contributed by atoms with Gasteiger partial charge in [0.2, 0.25) is 5.95 Å². The Balaban J connectivity index is 2.00. The fraction of sp³-hybridized carbons (Fsp3) is 0.267. The normalized spacial score (nSPS) is 11.0. The van der Waals surface area contributed by atoms with Crippen molar-refractivity contribution in [3.8, 4) is 0 Å². The third-order valence-electron chi connectivity index (χ3n) is 3.23. The molecule has 7 nitrogen and oxygen atoms in total. The molecule has 25 heavy (non-hydrogen) atoms. The van der Waals surface area contributed by atoms with Crippen molar-refractivity contribution in [1.82, 2.24) is 14.9 Å². The molecule has 2 rings (SSSR count). The van der Waals surface area contributed by atoms with Crippen molar-refractivity contribution in [2.24, 2.45) is 0 Å². The predicted molar refractivity (Wildman–Crippen MR) is 106 cm³/mol. The van der Waals surface area contributed by atoms with E-state index in [0.29, 0.717) is 0 Å². The zero-order chi connectivity index (χ0) is 18.3. The second-order valence-corrected chi connectivity index (χ2v) is 7.97. The Morgan fingerprint density at radius 2 is 1.76 bits per heavy atom. The molecule has 0 radical (unpaired) electrons. The lowest BCUT2D eigenvalue weighted by Crippen LogP contribution is -2.27. The molecule has 1 aromatic carbocycles. The van der Waals surface area contributed by atoms with E-state index in [9.17, 15) is 8.42 Å². The summed E-state index contributed by atoms with van der Waals surface area (Å²) in [5.41, 5.74) is 0.759. The quantitative estimate of drug-likeness (QED) is 0.545. The van der Waals surface area contributed by atoms with Gasteiger partial charge in [-0.3, -0.25) is 0 Å². The van der Waals surface area contributed by atoms with Crippen LogP contribution in [0.25, 0.3) is 0 Å². The van der Waals surface area contributed by atoms with Gasteiger partial charge in [-0.2, -0.15) is 0 Å². The Kier molecular flexibility index (Phi) is 6.97. The second-order valence-electron chi connectivity index (χ2n) is 4.84. The van der Waals surface area contributed by atoms with Crippen LogP contribution in [0.3, 0.4) is 0 Å². The van der Waals surface area contributed by atoms with Crippen LogP contribution < -0.4 is 9.44 Å². The van der Waals surface area contributed by atoms with Crippen LogP contribution in [0, 0.1) is 0 Å². The molecular formula is C15H19N5O2S3. The number of nitrogens with one attached hydrogen (secondary N) is 2. The van der Waals surface area contributed by atoms with Gasteiger partial charge in [-0.25, -0.2) is 23.1 Å². The molecule has 134 valence electrons. The molecule has 0 aliphatic carbocycles. The van der Waals surface area contributed by atoms with Gasteiger partial charge in [-0.15, -0.1) is 0 Å². The van der Waals surface area contributed by atoms with Crippen molar-refractivity contribution in [2.45, 2.75) is 18.7 Å². The highest BCUT2D eigenvalue weighted by atomic mass is 32.2. The second kappa shape index (κ2) is 8.97. The van der Waals surface area contributed by atoms with Gasteiger partial charge in [0.25, 0.3) is 10.0 Å². The number of hydrogen-bond donors (Lipinski definition) is 2. The molecule has 0 amide bonds. The number of benzene rings is 1. The number of anilines is 2. The van der Waals surface area contributed by atoms with Gasteiger partial charge in [0.1, 0.15) is 0 Å². The van der Waals surface area contributed by atoms with Crippen molar-refractivity contribution >= 4 is 50.1 Å². The van der Waals surface area contributed by atoms with E-state index >= 15 is 0 Å². The smallest absolute Gasteiger partial charge is 0.264 e. The van der Waals surface area contributed by atoms with Gasteiger partial charge in [0.05, 0.1) is 4.90 Å². The number of rotatable bonds is 7. The Hall–Kier alpha value is -1.91. The molecule has 0 saturated heterocycles. The van der Waals surface area contributed by atoms with E-state index in [1.165, 1.54) is 36.5 Å². The lowest BCUT2D eigenvalue weighted by Gasteiger charge is -2.20. The zero-order valence-corrected chi connectivity index (χ0v) is 16.3. The van der Waals surface area contributed by atoms with Crippen molar-refractivity contribution < 1.29 is 8.42 Å². The highest BCUT2D eigenvalue weighted by molar-refractivity contribution is 8.23. The molecular weight excluding hydrogens is 378 g/mol. The molecule has 0 aliphatic rings. The summed E-state index contributed by atoms with van der Waals surface area (Å²) in [5, 5.41) is 0. The summed E-state index contributed by atoms with van der Waals surface area (Å²) in [7, 11) is -3.73. The minimum atomic E-state index is -3.73. The Bertz CT molecular complexity index is 794. The van der Waals surface area contributed by atoms with Crippen molar-refractivity contribution in [2.75, 3.05) is 22.5 Å². The monoisotopic (exact) mass is 397 g/mol. The lowest BCUT2D eigenvalue weighted by atomic mass is 10.3. The number of sulfonamides is 1. The number of thiocarbonyl (C=S) groups is 1. The molecule has 0 spiro atoms.